The van der Waals surface area contributed by atoms with Gasteiger partial charge >= 0.3 is 0 Å². The van der Waals surface area contributed by atoms with E-state index in [0.717, 1.165) is 56.4 Å². The number of aryl methyl sites for hydroxylation is 1. The highest BCUT2D eigenvalue weighted by Crippen LogP contribution is 2.26. The minimum absolute atomic E-state index is 0.276. The fourth-order valence-electron chi connectivity index (χ4n) is 4.10. The molecule has 1 amide bonds. The second-order valence-electron chi connectivity index (χ2n) is 7.43. The van der Waals surface area contributed by atoms with Gasteiger partial charge < -0.3 is 4.90 Å². The molecular formula is C20H27N5O. The van der Waals surface area contributed by atoms with E-state index in [4.69, 9.17) is 4.98 Å². The monoisotopic (exact) mass is 353 g/mol. The largest absolute Gasteiger partial charge is 0.341 e. The maximum absolute atomic E-state index is 12.7. The Morgan fingerprint density at radius 1 is 1.19 bits per heavy atom. The van der Waals surface area contributed by atoms with Crippen LogP contribution in [0.2, 0.25) is 0 Å². The Kier molecular flexibility index (Phi) is 5.02. The maximum Gasteiger partial charge on any atom is 0.236 e. The summed E-state index contributed by atoms with van der Waals surface area (Å²) >= 11 is 0. The summed E-state index contributed by atoms with van der Waals surface area (Å²) in [7, 11) is 0. The smallest absolute Gasteiger partial charge is 0.236 e. The fraction of sp³-hybridized carbons (Fsp3) is 0.550. The molecule has 2 aromatic rings. The van der Waals surface area contributed by atoms with Crippen LogP contribution in [-0.4, -0.2) is 63.0 Å². The molecule has 6 nitrogen and oxygen atoms in total. The number of amides is 1. The predicted molar refractivity (Wildman–Crippen MR) is 100 cm³/mol. The van der Waals surface area contributed by atoms with Gasteiger partial charge in [0.1, 0.15) is 11.6 Å². The SMILES string of the molecule is Cc1nccn1-c1cccc([C@@H]2CCCN(C(=O)CN3CCCC3)C2)n1. The van der Waals surface area contributed by atoms with E-state index in [0.29, 0.717) is 12.5 Å². The van der Waals surface area contributed by atoms with E-state index in [2.05, 4.69) is 22.0 Å². The first-order valence-corrected chi connectivity index (χ1v) is 9.68. The van der Waals surface area contributed by atoms with Crippen molar-refractivity contribution < 1.29 is 4.79 Å². The molecule has 0 N–H and O–H groups in total. The number of aromatic nitrogens is 3. The lowest BCUT2D eigenvalue weighted by molar-refractivity contribution is -0.133. The van der Waals surface area contributed by atoms with Crippen LogP contribution >= 0.6 is 0 Å². The molecule has 0 bridgehead atoms. The average Bonchev–Trinajstić information content (AvgIpc) is 3.33. The Hall–Kier alpha value is -2.21. The summed E-state index contributed by atoms with van der Waals surface area (Å²) in [5, 5.41) is 0. The van der Waals surface area contributed by atoms with E-state index in [9.17, 15) is 4.79 Å². The molecule has 6 heteroatoms. The molecule has 0 saturated carbocycles. The van der Waals surface area contributed by atoms with Crippen molar-refractivity contribution in [2.75, 3.05) is 32.7 Å². The second-order valence-corrected chi connectivity index (χ2v) is 7.43. The zero-order valence-corrected chi connectivity index (χ0v) is 15.5. The van der Waals surface area contributed by atoms with Crippen molar-refractivity contribution >= 4 is 5.91 Å². The van der Waals surface area contributed by atoms with Gasteiger partial charge in [-0.05, 0) is 57.8 Å². The van der Waals surface area contributed by atoms with E-state index < -0.39 is 0 Å². The fourth-order valence-corrected chi connectivity index (χ4v) is 4.10. The summed E-state index contributed by atoms with van der Waals surface area (Å²) < 4.78 is 2.00. The van der Waals surface area contributed by atoms with Gasteiger partial charge in [-0.15, -0.1) is 0 Å². The maximum atomic E-state index is 12.7. The van der Waals surface area contributed by atoms with E-state index >= 15 is 0 Å². The van der Waals surface area contributed by atoms with Crippen LogP contribution in [0.4, 0.5) is 0 Å². The minimum Gasteiger partial charge on any atom is -0.341 e. The van der Waals surface area contributed by atoms with E-state index in [1.807, 2.05) is 28.7 Å². The third kappa shape index (κ3) is 3.65. The van der Waals surface area contributed by atoms with Crippen molar-refractivity contribution in [2.24, 2.45) is 0 Å². The van der Waals surface area contributed by atoms with Gasteiger partial charge in [0.25, 0.3) is 0 Å². The van der Waals surface area contributed by atoms with Crippen LogP contribution in [0.3, 0.4) is 0 Å². The molecule has 2 fully saturated rings. The van der Waals surface area contributed by atoms with Gasteiger partial charge in [0, 0.05) is 37.1 Å². The summed E-state index contributed by atoms with van der Waals surface area (Å²) in [6.07, 6.45) is 8.32. The molecule has 0 unspecified atom stereocenters. The summed E-state index contributed by atoms with van der Waals surface area (Å²) in [5.41, 5.74) is 1.08. The second kappa shape index (κ2) is 7.58. The number of carbonyl (C=O) groups is 1. The molecule has 1 atom stereocenters. The normalized spacial score (nSPS) is 21.3. The summed E-state index contributed by atoms with van der Waals surface area (Å²) in [6.45, 7) is 6.35. The first-order chi connectivity index (χ1) is 12.7. The summed E-state index contributed by atoms with van der Waals surface area (Å²) in [5.74, 6) is 2.42. The van der Waals surface area contributed by atoms with Gasteiger partial charge in [0.15, 0.2) is 0 Å². The standard InChI is InChI=1S/C20H27N5O/c1-16-21-9-13-25(16)19-8-4-7-18(22-19)17-6-5-12-24(14-17)20(26)15-23-10-2-3-11-23/h4,7-9,13,17H,2-3,5-6,10-12,14-15H2,1H3/t17-/m1/s1. The lowest BCUT2D eigenvalue weighted by atomic mass is 9.94. The first-order valence-electron chi connectivity index (χ1n) is 9.68. The van der Waals surface area contributed by atoms with Crippen molar-refractivity contribution in [1.82, 2.24) is 24.3 Å². The van der Waals surface area contributed by atoms with Gasteiger partial charge in [0.2, 0.25) is 5.91 Å². The third-order valence-corrected chi connectivity index (χ3v) is 5.58. The van der Waals surface area contributed by atoms with Gasteiger partial charge in [-0.25, -0.2) is 9.97 Å². The Balaban J connectivity index is 1.46. The number of piperidine rings is 1. The number of imidazole rings is 1. The first kappa shape index (κ1) is 17.2. The highest BCUT2D eigenvalue weighted by molar-refractivity contribution is 5.78. The highest BCUT2D eigenvalue weighted by atomic mass is 16.2. The van der Waals surface area contributed by atoms with Gasteiger partial charge in [-0.1, -0.05) is 6.07 Å². The Labute approximate surface area is 154 Å². The molecule has 4 rings (SSSR count). The van der Waals surface area contributed by atoms with Crippen molar-refractivity contribution in [3.63, 3.8) is 0 Å². The highest BCUT2D eigenvalue weighted by Gasteiger charge is 2.27. The van der Waals surface area contributed by atoms with Crippen molar-refractivity contribution in [3.05, 3.63) is 42.1 Å². The molecule has 138 valence electrons. The van der Waals surface area contributed by atoms with Crippen LogP contribution < -0.4 is 0 Å². The van der Waals surface area contributed by atoms with E-state index in [-0.39, 0.29) is 5.91 Å². The number of rotatable bonds is 4. The number of hydrogen-bond acceptors (Lipinski definition) is 4. The quantitative estimate of drug-likeness (QED) is 0.847. The molecular weight excluding hydrogens is 326 g/mol. The minimum atomic E-state index is 0.276. The number of likely N-dealkylation sites (tertiary alicyclic amines) is 2. The topological polar surface area (TPSA) is 54.3 Å². The van der Waals surface area contributed by atoms with Crippen LogP contribution in [-0.2, 0) is 4.79 Å². The Morgan fingerprint density at radius 3 is 2.81 bits per heavy atom. The van der Waals surface area contributed by atoms with Crippen molar-refractivity contribution in [2.45, 2.75) is 38.5 Å². The van der Waals surface area contributed by atoms with Gasteiger partial charge in [0.05, 0.1) is 6.54 Å². The Bertz CT molecular complexity index is 765. The number of carbonyl (C=O) groups excluding carboxylic acids is 1. The number of pyridine rings is 1. The molecule has 2 aromatic heterocycles. The van der Waals surface area contributed by atoms with Crippen LogP contribution in [0, 0.1) is 6.92 Å². The third-order valence-electron chi connectivity index (χ3n) is 5.58. The van der Waals surface area contributed by atoms with Crippen LogP contribution in [0.25, 0.3) is 5.82 Å². The zero-order chi connectivity index (χ0) is 17.9. The average molecular weight is 353 g/mol. The van der Waals surface area contributed by atoms with E-state index in [1.165, 1.54) is 12.8 Å². The predicted octanol–water partition coefficient (Wildman–Crippen LogP) is 2.38. The molecule has 0 aromatic carbocycles. The molecule has 0 spiro atoms. The van der Waals surface area contributed by atoms with Gasteiger partial charge in [-0.3, -0.25) is 14.3 Å². The summed E-state index contributed by atoms with van der Waals surface area (Å²) in [6, 6.07) is 6.16. The van der Waals surface area contributed by atoms with E-state index in [1.54, 1.807) is 6.20 Å². The molecule has 0 aliphatic carbocycles. The lowest BCUT2D eigenvalue weighted by Crippen LogP contribution is -2.44. The number of hydrogen-bond donors (Lipinski definition) is 0. The van der Waals surface area contributed by atoms with Gasteiger partial charge in [-0.2, -0.15) is 0 Å². The van der Waals surface area contributed by atoms with Crippen molar-refractivity contribution in [3.8, 4) is 5.82 Å². The van der Waals surface area contributed by atoms with Crippen LogP contribution in [0.5, 0.6) is 0 Å². The number of nitrogens with zero attached hydrogens (tertiary/aromatic N) is 5. The zero-order valence-electron chi connectivity index (χ0n) is 15.5. The molecule has 2 aliphatic heterocycles. The lowest BCUT2D eigenvalue weighted by Gasteiger charge is -2.33. The molecule has 2 aliphatic rings. The molecule has 4 heterocycles. The van der Waals surface area contributed by atoms with Crippen LogP contribution in [0.15, 0.2) is 30.6 Å². The Morgan fingerprint density at radius 2 is 2.04 bits per heavy atom. The molecule has 0 radical (unpaired) electrons. The summed E-state index contributed by atoms with van der Waals surface area (Å²) in [4.78, 5) is 26.2. The molecule has 26 heavy (non-hydrogen) atoms. The van der Waals surface area contributed by atoms with Crippen LogP contribution in [0.1, 0.15) is 43.1 Å². The van der Waals surface area contributed by atoms with Crippen molar-refractivity contribution in [1.29, 1.82) is 0 Å². The molecule has 2 saturated heterocycles.